The Morgan fingerprint density at radius 2 is 1.96 bits per heavy atom. The summed E-state index contributed by atoms with van der Waals surface area (Å²) in [4.78, 5) is 1.71. The Morgan fingerprint density at radius 3 is 2.68 bits per heavy atom. The fraction of sp³-hybridized carbons (Fsp3) is 0.368. The van der Waals surface area contributed by atoms with E-state index >= 15 is 0 Å². The molecule has 0 aliphatic carbocycles. The third-order valence-corrected chi connectivity index (χ3v) is 4.36. The molecule has 0 fully saturated rings. The largest absolute Gasteiger partial charge is 0.504 e. The van der Waals surface area contributed by atoms with Crippen LogP contribution in [0.5, 0.6) is 11.5 Å². The van der Waals surface area contributed by atoms with Crippen LogP contribution in [0.3, 0.4) is 0 Å². The Morgan fingerprint density at radius 1 is 1.20 bits per heavy atom. The van der Waals surface area contributed by atoms with Crippen molar-refractivity contribution in [2.75, 3.05) is 19.7 Å². The first kappa shape index (κ1) is 17.6. The Hall–Kier alpha value is -2.21. The van der Waals surface area contributed by atoms with Gasteiger partial charge in [0.05, 0.1) is 6.42 Å². The Labute approximate surface area is 144 Å². The van der Waals surface area contributed by atoms with E-state index in [2.05, 4.69) is 0 Å². The maximum absolute atomic E-state index is 12.5. The van der Waals surface area contributed by atoms with Crippen molar-refractivity contribution in [3.8, 4) is 22.6 Å². The summed E-state index contributed by atoms with van der Waals surface area (Å²) < 4.78 is 43.1. The summed E-state index contributed by atoms with van der Waals surface area (Å²) in [7, 11) is 0. The summed E-state index contributed by atoms with van der Waals surface area (Å²) in [6, 6.07) is 11.3. The van der Waals surface area contributed by atoms with Crippen molar-refractivity contribution in [1.82, 2.24) is 4.90 Å². The van der Waals surface area contributed by atoms with E-state index < -0.39 is 12.6 Å². The maximum Gasteiger partial charge on any atom is 0.390 e. The van der Waals surface area contributed by atoms with Crippen molar-refractivity contribution in [3.63, 3.8) is 0 Å². The number of halogens is 3. The summed E-state index contributed by atoms with van der Waals surface area (Å²) >= 11 is 0. The molecule has 2 aromatic carbocycles. The molecule has 25 heavy (non-hydrogen) atoms. The molecule has 0 unspecified atom stereocenters. The Bertz CT molecular complexity index is 759. The highest BCUT2D eigenvalue weighted by Crippen LogP contribution is 2.38. The quantitative estimate of drug-likeness (QED) is 0.883. The predicted octanol–water partition coefficient (Wildman–Crippen LogP) is 4.51. The first-order valence-corrected chi connectivity index (χ1v) is 8.17. The molecule has 6 heteroatoms. The van der Waals surface area contributed by atoms with E-state index in [0.29, 0.717) is 24.4 Å². The van der Waals surface area contributed by atoms with Crippen LogP contribution in [-0.2, 0) is 6.54 Å². The third kappa shape index (κ3) is 4.25. The van der Waals surface area contributed by atoms with Crippen LogP contribution < -0.4 is 4.74 Å². The molecule has 0 spiro atoms. The molecule has 2 aromatic rings. The number of ether oxygens (including phenoxy) is 1. The Kier molecular flexibility index (Phi) is 4.90. The van der Waals surface area contributed by atoms with E-state index in [1.807, 2.05) is 37.3 Å². The van der Waals surface area contributed by atoms with Crippen molar-refractivity contribution in [2.45, 2.75) is 26.1 Å². The van der Waals surface area contributed by atoms with E-state index in [1.54, 1.807) is 11.0 Å². The lowest BCUT2D eigenvalue weighted by atomic mass is 9.98. The predicted molar refractivity (Wildman–Crippen MR) is 89.7 cm³/mol. The molecule has 3 nitrogen and oxygen atoms in total. The van der Waals surface area contributed by atoms with Crippen LogP contribution >= 0.6 is 0 Å². The fourth-order valence-corrected chi connectivity index (χ4v) is 3.08. The minimum Gasteiger partial charge on any atom is -0.504 e. The van der Waals surface area contributed by atoms with Crippen molar-refractivity contribution in [1.29, 1.82) is 0 Å². The van der Waals surface area contributed by atoms with E-state index in [0.717, 1.165) is 16.7 Å². The van der Waals surface area contributed by atoms with Crippen molar-refractivity contribution >= 4 is 0 Å². The highest BCUT2D eigenvalue weighted by molar-refractivity contribution is 5.71. The SMILES string of the molecule is Cc1ccccc1-c1cc(O)c2c(c1)CN(CCC(F)(F)F)CCO2. The topological polar surface area (TPSA) is 32.7 Å². The van der Waals surface area contributed by atoms with Crippen LogP contribution in [0.1, 0.15) is 17.5 Å². The first-order valence-electron chi connectivity index (χ1n) is 8.17. The summed E-state index contributed by atoms with van der Waals surface area (Å²) in [6.45, 7) is 2.86. The van der Waals surface area contributed by atoms with Gasteiger partial charge in [-0.25, -0.2) is 0 Å². The number of fused-ring (bicyclic) bond motifs is 1. The van der Waals surface area contributed by atoms with Crippen LogP contribution in [0.25, 0.3) is 11.1 Å². The van der Waals surface area contributed by atoms with Gasteiger partial charge in [0.2, 0.25) is 0 Å². The van der Waals surface area contributed by atoms with Gasteiger partial charge in [0, 0.05) is 25.2 Å². The van der Waals surface area contributed by atoms with E-state index in [1.165, 1.54) is 0 Å². The molecule has 0 amide bonds. The van der Waals surface area contributed by atoms with Gasteiger partial charge in [-0.3, -0.25) is 4.90 Å². The number of phenols is 1. The van der Waals surface area contributed by atoms with E-state index in [-0.39, 0.29) is 18.9 Å². The summed E-state index contributed by atoms with van der Waals surface area (Å²) in [5, 5.41) is 10.3. The van der Waals surface area contributed by atoms with Gasteiger partial charge in [-0.15, -0.1) is 0 Å². The standard InChI is InChI=1S/C19H20F3NO2/c1-13-4-2-3-5-16(13)14-10-15-12-23(7-6-19(20,21)22)8-9-25-18(15)17(24)11-14/h2-5,10-11,24H,6-9,12H2,1H3. The number of nitrogens with zero attached hydrogens (tertiary/aromatic N) is 1. The lowest BCUT2D eigenvalue weighted by Crippen LogP contribution is -2.29. The zero-order valence-corrected chi connectivity index (χ0v) is 13.9. The number of hydrogen-bond donors (Lipinski definition) is 1. The van der Waals surface area contributed by atoms with Crippen molar-refractivity contribution in [3.05, 3.63) is 47.5 Å². The molecule has 3 rings (SSSR count). The van der Waals surface area contributed by atoms with Crippen molar-refractivity contribution in [2.24, 2.45) is 0 Å². The van der Waals surface area contributed by atoms with Crippen LogP contribution in [0.4, 0.5) is 13.2 Å². The average Bonchev–Trinajstić information content (AvgIpc) is 2.75. The highest BCUT2D eigenvalue weighted by atomic mass is 19.4. The summed E-state index contributed by atoms with van der Waals surface area (Å²) in [5.74, 6) is 0.389. The van der Waals surface area contributed by atoms with Crippen LogP contribution in [0.2, 0.25) is 0 Å². The lowest BCUT2D eigenvalue weighted by Gasteiger charge is -2.20. The molecule has 0 aromatic heterocycles. The fourth-order valence-electron chi connectivity index (χ4n) is 3.08. The second-order valence-electron chi connectivity index (χ2n) is 6.29. The minimum atomic E-state index is -4.18. The molecule has 1 aliphatic heterocycles. The van der Waals surface area contributed by atoms with Gasteiger partial charge in [-0.05, 0) is 35.7 Å². The van der Waals surface area contributed by atoms with Gasteiger partial charge >= 0.3 is 6.18 Å². The zero-order chi connectivity index (χ0) is 18.0. The monoisotopic (exact) mass is 351 g/mol. The lowest BCUT2D eigenvalue weighted by molar-refractivity contribution is -0.138. The van der Waals surface area contributed by atoms with Crippen LogP contribution in [-0.4, -0.2) is 35.9 Å². The third-order valence-electron chi connectivity index (χ3n) is 4.36. The molecule has 1 heterocycles. The molecular weight excluding hydrogens is 331 g/mol. The second kappa shape index (κ2) is 6.96. The average molecular weight is 351 g/mol. The molecule has 1 N–H and O–H groups in total. The number of alkyl halides is 3. The molecule has 1 aliphatic rings. The van der Waals surface area contributed by atoms with Crippen LogP contribution in [0.15, 0.2) is 36.4 Å². The van der Waals surface area contributed by atoms with Gasteiger partial charge in [-0.1, -0.05) is 24.3 Å². The van der Waals surface area contributed by atoms with Gasteiger partial charge in [-0.2, -0.15) is 13.2 Å². The maximum atomic E-state index is 12.5. The van der Waals surface area contributed by atoms with E-state index in [4.69, 9.17) is 4.74 Å². The molecule has 0 saturated carbocycles. The molecule has 0 atom stereocenters. The summed E-state index contributed by atoms with van der Waals surface area (Å²) in [6.07, 6.45) is -5.03. The second-order valence-corrected chi connectivity index (χ2v) is 6.29. The number of aryl methyl sites for hydroxylation is 1. The Balaban J connectivity index is 1.90. The molecule has 0 bridgehead atoms. The minimum absolute atomic E-state index is 0.0217. The molecule has 134 valence electrons. The van der Waals surface area contributed by atoms with Gasteiger partial charge < -0.3 is 9.84 Å². The highest BCUT2D eigenvalue weighted by Gasteiger charge is 2.29. The zero-order valence-electron chi connectivity index (χ0n) is 13.9. The van der Waals surface area contributed by atoms with Gasteiger partial charge in [0.15, 0.2) is 11.5 Å². The molecule has 0 radical (unpaired) electrons. The van der Waals surface area contributed by atoms with Crippen molar-refractivity contribution < 1.29 is 23.0 Å². The summed E-state index contributed by atoms with van der Waals surface area (Å²) in [5.41, 5.74) is 3.57. The molecular formula is C19H20F3NO2. The molecule has 0 saturated heterocycles. The smallest absolute Gasteiger partial charge is 0.390 e. The first-order chi connectivity index (χ1) is 11.8. The number of phenolic OH excluding ortho intramolecular Hbond substituents is 1. The van der Waals surface area contributed by atoms with Gasteiger partial charge in [0.25, 0.3) is 0 Å². The van der Waals surface area contributed by atoms with E-state index in [9.17, 15) is 18.3 Å². The number of aromatic hydroxyl groups is 1. The number of rotatable bonds is 3. The van der Waals surface area contributed by atoms with Gasteiger partial charge in [0.1, 0.15) is 6.61 Å². The normalized spacial score (nSPS) is 15.4. The van der Waals surface area contributed by atoms with Crippen LogP contribution in [0, 0.1) is 6.92 Å². The number of hydrogen-bond acceptors (Lipinski definition) is 3. The number of benzene rings is 2.